The molecule has 0 aliphatic carbocycles. The molecule has 1 aromatic rings. The van der Waals surface area contributed by atoms with Gasteiger partial charge in [-0.1, -0.05) is 17.7 Å². The van der Waals surface area contributed by atoms with Crippen LogP contribution in [0.1, 0.15) is 18.4 Å². The first-order chi connectivity index (χ1) is 12.3. The predicted octanol–water partition coefficient (Wildman–Crippen LogP) is 0.105. The number of aryl methyl sites for hydroxylation is 1. The molecule has 1 heterocycles. The van der Waals surface area contributed by atoms with Crippen molar-refractivity contribution < 1.29 is 18.0 Å². The van der Waals surface area contributed by atoms with E-state index in [2.05, 4.69) is 5.32 Å². The van der Waals surface area contributed by atoms with E-state index in [4.69, 9.17) is 5.73 Å². The minimum atomic E-state index is -3.54. The number of carbonyl (C=O) groups excluding carboxylic acids is 2. The summed E-state index contributed by atoms with van der Waals surface area (Å²) in [6, 6.07) is 6.73. The van der Waals surface area contributed by atoms with Crippen LogP contribution in [0.4, 0.5) is 0 Å². The first-order valence-corrected chi connectivity index (χ1v) is 10.1. The summed E-state index contributed by atoms with van der Waals surface area (Å²) in [4.78, 5) is 25.6. The summed E-state index contributed by atoms with van der Waals surface area (Å²) in [5.41, 5.74) is 6.30. The second kappa shape index (κ2) is 10.6. The molecule has 0 aromatic heterocycles. The fourth-order valence-corrected chi connectivity index (χ4v) is 4.14. The first-order valence-electron chi connectivity index (χ1n) is 8.66. The monoisotopic (exact) mass is 418 g/mol. The van der Waals surface area contributed by atoms with Gasteiger partial charge in [-0.2, -0.15) is 4.31 Å². The van der Waals surface area contributed by atoms with Crippen LogP contribution in [-0.2, 0) is 19.6 Å². The maximum absolute atomic E-state index is 12.6. The van der Waals surface area contributed by atoms with Crippen molar-refractivity contribution in [3.63, 3.8) is 0 Å². The minimum absolute atomic E-state index is 0. The number of benzene rings is 1. The lowest BCUT2D eigenvalue weighted by atomic mass is 10.2. The van der Waals surface area contributed by atoms with Gasteiger partial charge in [0.15, 0.2) is 0 Å². The Morgan fingerprint density at radius 3 is 2.22 bits per heavy atom. The Morgan fingerprint density at radius 1 is 1.07 bits per heavy atom. The molecule has 0 radical (unpaired) electrons. The molecule has 10 heteroatoms. The van der Waals surface area contributed by atoms with Gasteiger partial charge in [0.2, 0.25) is 21.8 Å². The standard InChI is InChI=1S/C17H26N4O4S.ClH/c1-14-2-4-15(5-3-14)26(24,25)21-12-10-20(11-13-21)17(23)7-6-16(22)19-9-8-18;/h2-5H,6-13,18H2,1H3,(H,19,22);1H. The third-order valence-electron chi connectivity index (χ3n) is 4.28. The third kappa shape index (κ3) is 6.46. The summed E-state index contributed by atoms with van der Waals surface area (Å²) >= 11 is 0. The molecule has 1 fully saturated rings. The molecule has 1 aromatic carbocycles. The fourth-order valence-electron chi connectivity index (χ4n) is 2.72. The molecule has 1 aliphatic rings. The molecular formula is C17H27ClN4O4S. The number of amides is 2. The number of halogens is 1. The Bertz CT molecular complexity index is 732. The second-order valence-electron chi connectivity index (χ2n) is 6.24. The van der Waals surface area contributed by atoms with Crippen molar-refractivity contribution in [1.82, 2.24) is 14.5 Å². The molecule has 27 heavy (non-hydrogen) atoms. The highest BCUT2D eigenvalue weighted by atomic mass is 35.5. The van der Waals surface area contributed by atoms with Crippen LogP contribution in [0, 0.1) is 6.92 Å². The van der Waals surface area contributed by atoms with E-state index in [-0.39, 0.29) is 55.0 Å². The Morgan fingerprint density at radius 2 is 1.67 bits per heavy atom. The van der Waals surface area contributed by atoms with Gasteiger partial charge in [0.25, 0.3) is 0 Å². The number of sulfonamides is 1. The van der Waals surface area contributed by atoms with E-state index in [1.807, 2.05) is 6.92 Å². The van der Waals surface area contributed by atoms with Gasteiger partial charge in [-0.15, -0.1) is 12.4 Å². The summed E-state index contributed by atoms with van der Waals surface area (Å²) in [6.45, 7) is 3.81. The zero-order chi connectivity index (χ0) is 19.2. The van der Waals surface area contributed by atoms with Gasteiger partial charge >= 0.3 is 0 Å². The van der Waals surface area contributed by atoms with Crippen LogP contribution in [-0.4, -0.2) is 68.7 Å². The summed E-state index contributed by atoms with van der Waals surface area (Å²) in [5, 5.41) is 2.62. The van der Waals surface area contributed by atoms with Crippen molar-refractivity contribution in [2.24, 2.45) is 5.73 Å². The summed E-state index contributed by atoms with van der Waals surface area (Å²) in [6.07, 6.45) is 0.224. The van der Waals surface area contributed by atoms with Gasteiger partial charge in [-0.3, -0.25) is 9.59 Å². The Kier molecular flexibility index (Phi) is 9.17. The highest BCUT2D eigenvalue weighted by Crippen LogP contribution is 2.18. The Balaban J connectivity index is 0.00000364. The molecule has 0 unspecified atom stereocenters. The number of nitrogens with one attached hydrogen (secondary N) is 1. The van der Waals surface area contributed by atoms with Crippen molar-refractivity contribution in [3.05, 3.63) is 29.8 Å². The number of carbonyl (C=O) groups is 2. The maximum atomic E-state index is 12.6. The molecule has 1 aliphatic heterocycles. The molecule has 3 N–H and O–H groups in total. The summed E-state index contributed by atoms with van der Waals surface area (Å²) in [5.74, 6) is -0.343. The SMILES string of the molecule is Cc1ccc(S(=O)(=O)N2CCN(C(=O)CCC(=O)NCCN)CC2)cc1.Cl. The van der Waals surface area contributed by atoms with Crippen molar-refractivity contribution in [2.75, 3.05) is 39.3 Å². The van der Waals surface area contributed by atoms with E-state index in [1.165, 1.54) is 4.31 Å². The number of nitrogens with two attached hydrogens (primary N) is 1. The second-order valence-corrected chi connectivity index (χ2v) is 8.17. The molecule has 2 rings (SSSR count). The van der Waals surface area contributed by atoms with Crippen LogP contribution in [0.2, 0.25) is 0 Å². The van der Waals surface area contributed by atoms with Crippen LogP contribution < -0.4 is 11.1 Å². The predicted molar refractivity (Wildman–Crippen MR) is 105 cm³/mol. The van der Waals surface area contributed by atoms with E-state index in [1.54, 1.807) is 29.2 Å². The zero-order valence-corrected chi connectivity index (χ0v) is 17.0. The van der Waals surface area contributed by atoms with E-state index in [9.17, 15) is 18.0 Å². The lowest BCUT2D eigenvalue weighted by Crippen LogP contribution is -2.50. The minimum Gasteiger partial charge on any atom is -0.355 e. The summed E-state index contributed by atoms with van der Waals surface area (Å²) in [7, 11) is -3.54. The Hall–Kier alpha value is -1.68. The quantitative estimate of drug-likeness (QED) is 0.652. The van der Waals surface area contributed by atoms with Crippen molar-refractivity contribution in [1.29, 1.82) is 0 Å². The molecule has 0 atom stereocenters. The van der Waals surface area contributed by atoms with Crippen molar-refractivity contribution in [3.8, 4) is 0 Å². The topological polar surface area (TPSA) is 113 Å². The average molecular weight is 419 g/mol. The molecule has 1 saturated heterocycles. The van der Waals surface area contributed by atoms with Crippen molar-refractivity contribution in [2.45, 2.75) is 24.7 Å². The number of rotatable bonds is 7. The van der Waals surface area contributed by atoms with Gasteiger partial charge in [-0.05, 0) is 19.1 Å². The number of nitrogens with zero attached hydrogens (tertiary/aromatic N) is 2. The summed E-state index contributed by atoms with van der Waals surface area (Å²) < 4.78 is 26.7. The molecule has 8 nitrogen and oxygen atoms in total. The molecule has 152 valence electrons. The van der Waals surface area contributed by atoms with Crippen molar-refractivity contribution >= 4 is 34.2 Å². The molecular weight excluding hydrogens is 392 g/mol. The largest absolute Gasteiger partial charge is 0.355 e. The van der Waals surface area contributed by atoms with Gasteiger partial charge in [0.1, 0.15) is 0 Å². The maximum Gasteiger partial charge on any atom is 0.243 e. The lowest BCUT2D eigenvalue weighted by Gasteiger charge is -2.34. The normalized spacial score (nSPS) is 15.1. The van der Waals surface area contributed by atoms with Crippen LogP contribution in [0.3, 0.4) is 0 Å². The third-order valence-corrected chi connectivity index (χ3v) is 6.20. The highest BCUT2D eigenvalue weighted by molar-refractivity contribution is 7.89. The van der Waals surface area contributed by atoms with Gasteiger partial charge in [-0.25, -0.2) is 8.42 Å². The van der Waals surface area contributed by atoms with E-state index in [0.29, 0.717) is 26.2 Å². The van der Waals surface area contributed by atoms with Gasteiger partial charge < -0.3 is 16.0 Å². The average Bonchev–Trinajstić information content (AvgIpc) is 2.64. The number of hydrogen-bond acceptors (Lipinski definition) is 5. The highest BCUT2D eigenvalue weighted by Gasteiger charge is 2.30. The van der Waals surface area contributed by atoms with E-state index < -0.39 is 10.0 Å². The molecule has 0 spiro atoms. The first kappa shape index (κ1) is 23.4. The van der Waals surface area contributed by atoms with Gasteiger partial charge in [0, 0.05) is 52.1 Å². The molecule has 0 bridgehead atoms. The van der Waals surface area contributed by atoms with E-state index in [0.717, 1.165) is 5.56 Å². The van der Waals surface area contributed by atoms with Gasteiger partial charge in [0.05, 0.1) is 4.90 Å². The molecule has 0 saturated carbocycles. The van der Waals surface area contributed by atoms with E-state index >= 15 is 0 Å². The number of piperazine rings is 1. The van der Waals surface area contributed by atoms with Crippen LogP contribution in [0.15, 0.2) is 29.2 Å². The van der Waals surface area contributed by atoms with Crippen LogP contribution in [0.5, 0.6) is 0 Å². The fraction of sp³-hybridized carbons (Fsp3) is 0.529. The Labute approximate surface area is 166 Å². The zero-order valence-electron chi connectivity index (χ0n) is 15.4. The lowest BCUT2D eigenvalue weighted by molar-refractivity contribution is -0.134. The van der Waals surface area contributed by atoms with Crippen LogP contribution in [0.25, 0.3) is 0 Å². The smallest absolute Gasteiger partial charge is 0.243 e. The van der Waals surface area contributed by atoms with Crippen LogP contribution >= 0.6 is 12.4 Å². The molecule has 2 amide bonds. The number of hydrogen-bond donors (Lipinski definition) is 2.